The molecule has 0 atom stereocenters. The average Bonchev–Trinajstić information content (AvgIpc) is 2.77. The summed E-state index contributed by atoms with van der Waals surface area (Å²) in [7, 11) is 0. The lowest BCUT2D eigenvalue weighted by Crippen LogP contribution is -1.91. The summed E-state index contributed by atoms with van der Waals surface area (Å²) in [5.74, 6) is 0.438. The third kappa shape index (κ3) is 1.73. The van der Waals surface area contributed by atoms with Crippen LogP contribution >= 0.6 is 11.3 Å². The van der Waals surface area contributed by atoms with Crippen molar-refractivity contribution in [3.05, 3.63) is 35.7 Å². The molecule has 0 unspecified atom stereocenters. The van der Waals surface area contributed by atoms with E-state index in [-0.39, 0.29) is 0 Å². The molecule has 0 radical (unpaired) electrons. The number of rotatable bonds is 1. The van der Waals surface area contributed by atoms with E-state index in [4.69, 9.17) is 5.73 Å². The van der Waals surface area contributed by atoms with Crippen LogP contribution in [0.25, 0.3) is 20.9 Å². The summed E-state index contributed by atoms with van der Waals surface area (Å²) in [6.07, 6.45) is 1.47. The molecule has 5 heteroatoms. The van der Waals surface area contributed by atoms with E-state index < -0.39 is 0 Å². The van der Waals surface area contributed by atoms with Crippen LogP contribution in [0.15, 0.2) is 24.5 Å². The largest absolute Gasteiger partial charge is 0.382 e. The second-order valence-electron chi connectivity index (χ2n) is 4.25. The highest BCUT2D eigenvalue weighted by Crippen LogP contribution is 2.32. The Morgan fingerprint density at radius 3 is 2.78 bits per heavy atom. The normalized spacial score (nSPS) is 11.0. The molecule has 3 rings (SSSR count). The van der Waals surface area contributed by atoms with Gasteiger partial charge in [-0.05, 0) is 25.5 Å². The number of nitrogens with zero attached hydrogens (tertiary/aromatic N) is 3. The van der Waals surface area contributed by atoms with Crippen molar-refractivity contribution in [1.82, 2.24) is 15.0 Å². The molecule has 0 bridgehead atoms. The molecule has 0 aliphatic heterocycles. The summed E-state index contributed by atoms with van der Waals surface area (Å²) in [4.78, 5) is 13.6. The molecule has 0 saturated carbocycles. The van der Waals surface area contributed by atoms with Crippen molar-refractivity contribution in [2.45, 2.75) is 13.8 Å². The maximum atomic E-state index is 5.81. The fourth-order valence-electron chi connectivity index (χ4n) is 1.85. The van der Waals surface area contributed by atoms with Gasteiger partial charge in [0, 0.05) is 5.56 Å². The van der Waals surface area contributed by atoms with Gasteiger partial charge in [-0.25, -0.2) is 15.0 Å². The molecule has 90 valence electrons. The number of hydrogen-bond donors (Lipinski definition) is 1. The van der Waals surface area contributed by atoms with Crippen molar-refractivity contribution >= 4 is 27.5 Å². The van der Waals surface area contributed by atoms with Crippen molar-refractivity contribution in [1.29, 1.82) is 0 Å². The summed E-state index contributed by atoms with van der Waals surface area (Å²) in [6, 6.07) is 6.34. The van der Waals surface area contributed by atoms with Crippen molar-refractivity contribution in [3.63, 3.8) is 0 Å². The second-order valence-corrected chi connectivity index (χ2v) is 5.23. The van der Waals surface area contributed by atoms with E-state index in [0.29, 0.717) is 11.3 Å². The molecular weight excluding hydrogens is 244 g/mol. The molecule has 2 aromatic heterocycles. The van der Waals surface area contributed by atoms with E-state index in [1.165, 1.54) is 17.5 Å². The minimum atomic E-state index is 0.438. The van der Waals surface area contributed by atoms with Gasteiger partial charge in [-0.2, -0.15) is 0 Å². The number of fused-ring (bicyclic) bond motifs is 1. The lowest BCUT2D eigenvalue weighted by molar-refractivity contribution is 1.23. The van der Waals surface area contributed by atoms with Gasteiger partial charge < -0.3 is 5.73 Å². The van der Waals surface area contributed by atoms with Crippen LogP contribution < -0.4 is 5.73 Å². The molecule has 0 aliphatic rings. The van der Waals surface area contributed by atoms with Crippen LogP contribution in [0.5, 0.6) is 0 Å². The fraction of sp³-hybridized carbons (Fsp3) is 0.154. The Balaban J connectivity index is 2.26. The monoisotopic (exact) mass is 256 g/mol. The average molecular weight is 256 g/mol. The van der Waals surface area contributed by atoms with Gasteiger partial charge >= 0.3 is 0 Å². The lowest BCUT2D eigenvalue weighted by atomic mass is 10.1. The molecule has 0 aliphatic carbocycles. The van der Waals surface area contributed by atoms with Crippen molar-refractivity contribution in [2.75, 3.05) is 5.73 Å². The molecule has 0 amide bonds. The van der Waals surface area contributed by atoms with Crippen LogP contribution in [-0.4, -0.2) is 15.0 Å². The molecule has 0 spiro atoms. The maximum Gasteiger partial charge on any atom is 0.154 e. The first-order chi connectivity index (χ1) is 8.65. The Kier molecular flexibility index (Phi) is 2.48. The predicted molar refractivity (Wildman–Crippen MR) is 74.5 cm³/mol. The van der Waals surface area contributed by atoms with Crippen LogP contribution in [0.4, 0.5) is 5.82 Å². The minimum Gasteiger partial charge on any atom is -0.382 e. The molecule has 1 aromatic carbocycles. The first-order valence-electron chi connectivity index (χ1n) is 5.60. The van der Waals surface area contributed by atoms with Gasteiger partial charge in [-0.3, -0.25) is 0 Å². The Labute approximate surface area is 109 Å². The van der Waals surface area contributed by atoms with E-state index in [9.17, 15) is 0 Å². The molecule has 3 aromatic rings. The zero-order valence-corrected chi connectivity index (χ0v) is 11.0. The van der Waals surface area contributed by atoms with E-state index in [1.54, 1.807) is 11.3 Å². The summed E-state index contributed by atoms with van der Waals surface area (Å²) >= 11 is 1.55. The summed E-state index contributed by atoms with van der Waals surface area (Å²) in [6.45, 7) is 4.15. The van der Waals surface area contributed by atoms with Crippen LogP contribution in [0.3, 0.4) is 0 Å². The maximum absolute atomic E-state index is 5.81. The molecular formula is C13H12N4S. The van der Waals surface area contributed by atoms with Gasteiger partial charge in [-0.15, -0.1) is 0 Å². The fourth-order valence-corrected chi connectivity index (χ4v) is 2.85. The highest BCUT2D eigenvalue weighted by Gasteiger charge is 2.11. The number of aryl methyl sites for hydroxylation is 2. The Hall–Kier alpha value is -2.01. The zero-order chi connectivity index (χ0) is 12.7. The van der Waals surface area contributed by atoms with Gasteiger partial charge in [0.1, 0.15) is 21.7 Å². The molecule has 0 saturated heterocycles. The number of anilines is 1. The van der Waals surface area contributed by atoms with Crippen LogP contribution in [0.2, 0.25) is 0 Å². The third-order valence-electron chi connectivity index (χ3n) is 2.85. The van der Waals surface area contributed by atoms with E-state index >= 15 is 0 Å². The van der Waals surface area contributed by atoms with Crippen LogP contribution in [0.1, 0.15) is 11.1 Å². The molecule has 4 nitrogen and oxygen atoms in total. The lowest BCUT2D eigenvalue weighted by Gasteiger charge is -2.02. The number of nitrogens with two attached hydrogens (primary N) is 1. The van der Waals surface area contributed by atoms with E-state index in [0.717, 1.165) is 15.4 Å². The molecule has 2 N–H and O–H groups in total. The Morgan fingerprint density at radius 1 is 1.17 bits per heavy atom. The van der Waals surface area contributed by atoms with E-state index in [2.05, 4.69) is 47.0 Å². The third-order valence-corrected chi connectivity index (χ3v) is 3.84. The summed E-state index contributed by atoms with van der Waals surface area (Å²) < 4.78 is 0. The zero-order valence-electron chi connectivity index (χ0n) is 10.1. The van der Waals surface area contributed by atoms with Gasteiger partial charge in [0.15, 0.2) is 5.82 Å². The first-order valence-corrected chi connectivity index (χ1v) is 6.41. The summed E-state index contributed by atoms with van der Waals surface area (Å²) in [5, 5.41) is 0.943. The topological polar surface area (TPSA) is 64.7 Å². The van der Waals surface area contributed by atoms with E-state index in [1.807, 2.05) is 0 Å². The standard InChI is InChI=1S/C13H12N4S/c1-7-3-4-8(2)9(5-7)12-17-10-11(14)15-6-16-13(10)18-12/h3-6H,1-2H3,(H2,14,15,16). The second kappa shape index (κ2) is 4.03. The number of hydrogen-bond acceptors (Lipinski definition) is 5. The van der Waals surface area contributed by atoms with Gasteiger partial charge in [-0.1, -0.05) is 29.0 Å². The van der Waals surface area contributed by atoms with Gasteiger partial charge in [0.05, 0.1) is 0 Å². The quantitative estimate of drug-likeness (QED) is 0.727. The number of benzene rings is 1. The van der Waals surface area contributed by atoms with Gasteiger partial charge in [0.25, 0.3) is 0 Å². The number of nitrogen functional groups attached to an aromatic ring is 1. The molecule has 2 heterocycles. The number of aromatic nitrogens is 3. The highest BCUT2D eigenvalue weighted by atomic mass is 32.1. The Bertz CT molecular complexity index is 733. The smallest absolute Gasteiger partial charge is 0.154 e. The van der Waals surface area contributed by atoms with Crippen molar-refractivity contribution in [3.8, 4) is 10.6 Å². The Morgan fingerprint density at radius 2 is 2.00 bits per heavy atom. The molecule has 0 fully saturated rings. The van der Waals surface area contributed by atoms with Crippen molar-refractivity contribution < 1.29 is 0 Å². The number of thiazole rings is 1. The van der Waals surface area contributed by atoms with Crippen LogP contribution in [-0.2, 0) is 0 Å². The predicted octanol–water partition coefficient (Wildman–Crippen LogP) is 2.95. The van der Waals surface area contributed by atoms with Gasteiger partial charge in [0.2, 0.25) is 0 Å². The van der Waals surface area contributed by atoms with Crippen molar-refractivity contribution in [2.24, 2.45) is 0 Å². The molecule has 18 heavy (non-hydrogen) atoms. The highest BCUT2D eigenvalue weighted by molar-refractivity contribution is 7.21. The SMILES string of the molecule is Cc1ccc(C)c(-c2nc3c(N)ncnc3s2)c1. The first kappa shape index (κ1) is 11.1. The van der Waals surface area contributed by atoms with Crippen LogP contribution in [0, 0.1) is 13.8 Å². The summed E-state index contributed by atoms with van der Waals surface area (Å²) in [5.41, 5.74) is 10.1. The minimum absolute atomic E-state index is 0.438.